The summed E-state index contributed by atoms with van der Waals surface area (Å²) in [5, 5.41) is 10.4. The zero-order chi connectivity index (χ0) is 15.1. The molecule has 0 bridgehead atoms. The van der Waals surface area contributed by atoms with Crippen LogP contribution in [0.2, 0.25) is 10.0 Å². The second-order valence-electron chi connectivity index (χ2n) is 4.28. The Bertz CT molecular complexity index is 568. The molecule has 0 atom stereocenters. The van der Waals surface area contributed by atoms with Crippen LogP contribution in [-0.2, 0) is 0 Å². The minimum absolute atomic E-state index is 0.261. The van der Waals surface area contributed by atoms with Crippen molar-refractivity contribution in [1.29, 1.82) is 0 Å². The molecular formula is C16H18Cl2O2. The molecule has 108 valence electrons. The van der Waals surface area contributed by atoms with E-state index < -0.39 is 0 Å². The van der Waals surface area contributed by atoms with E-state index in [1.165, 1.54) is 0 Å². The van der Waals surface area contributed by atoms with E-state index in [4.69, 9.17) is 33.0 Å². The van der Waals surface area contributed by atoms with E-state index >= 15 is 0 Å². The first kappa shape index (κ1) is 16.7. The van der Waals surface area contributed by atoms with Crippen LogP contribution in [0.4, 0.5) is 0 Å². The average molecular weight is 313 g/mol. The van der Waals surface area contributed by atoms with E-state index in [2.05, 4.69) is 0 Å². The highest BCUT2D eigenvalue weighted by Crippen LogP contribution is 2.21. The second kappa shape index (κ2) is 8.03. The van der Waals surface area contributed by atoms with Gasteiger partial charge in [0.2, 0.25) is 0 Å². The van der Waals surface area contributed by atoms with Crippen LogP contribution in [0, 0.1) is 13.8 Å². The standard InChI is InChI=1S/C9H11ClO.C7H7ClO/c1-3-11-8-4-5-9(10)7(2)6-8;1-5-4-6(9)2-3-7(5)8/h4-6H,3H2,1-2H3;2-4,9H,1H3. The summed E-state index contributed by atoms with van der Waals surface area (Å²) in [6, 6.07) is 10.5. The van der Waals surface area contributed by atoms with Crippen LogP contribution in [0.25, 0.3) is 0 Å². The summed E-state index contributed by atoms with van der Waals surface area (Å²) < 4.78 is 5.28. The third-order valence-electron chi connectivity index (χ3n) is 2.58. The lowest BCUT2D eigenvalue weighted by Crippen LogP contribution is -1.91. The highest BCUT2D eigenvalue weighted by molar-refractivity contribution is 6.31. The van der Waals surface area contributed by atoms with Gasteiger partial charge in [0.25, 0.3) is 0 Å². The summed E-state index contributed by atoms with van der Waals surface area (Å²) in [5.41, 5.74) is 1.95. The van der Waals surface area contributed by atoms with Crippen molar-refractivity contribution < 1.29 is 9.84 Å². The van der Waals surface area contributed by atoms with Gasteiger partial charge in [-0.1, -0.05) is 23.2 Å². The Morgan fingerprint density at radius 2 is 1.50 bits per heavy atom. The number of aromatic hydroxyl groups is 1. The van der Waals surface area contributed by atoms with Gasteiger partial charge in [-0.3, -0.25) is 0 Å². The molecule has 0 saturated carbocycles. The summed E-state index contributed by atoms with van der Waals surface area (Å²) in [7, 11) is 0. The maximum absolute atomic E-state index is 8.88. The van der Waals surface area contributed by atoms with Crippen LogP contribution in [0.3, 0.4) is 0 Å². The largest absolute Gasteiger partial charge is 0.508 e. The summed E-state index contributed by atoms with van der Waals surface area (Å²) >= 11 is 11.5. The van der Waals surface area contributed by atoms with E-state index in [9.17, 15) is 0 Å². The Labute approximate surface area is 129 Å². The Morgan fingerprint density at radius 1 is 0.950 bits per heavy atom. The molecule has 0 heterocycles. The summed E-state index contributed by atoms with van der Waals surface area (Å²) in [5.74, 6) is 1.14. The second-order valence-corrected chi connectivity index (χ2v) is 5.09. The van der Waals surface area contributed by atoms with Crippen LogP contribution in [-0.4, -0.2) is 11.7 Å². The number of phenolic OH excluding ortho intramolecular Hbond substituents is 1. The van der Waals surface area contributed by atoms with Crippen LogP contribution in [0.5, 0.6) is 11.5 Å². The van der Waals surface area contributed by atoms with E-state index in [-0.39, 0.29) is 5.75 Å². The van der Waals surface area contributed by atoms with Gasteiger partial charge in [0.1, 0.15) is 11.5 Å². The topological polar surface area (TPSA) is 29.5 Å². The lowest BCUT2D eigenvalue weighted by Gasteiger charge is -2.03. The third kappa shape index (κ3) is 5.32. The van der Waals surface area contributed by atoms with Crippen molar-refractivity contribution in [2.24, 2.45) is 0 Å². The summed E-state index contributed by atoms with van der Waals surface area (Å²) in [6.07, 6.45) is 0. The van der Waals surface area contributed by atoms with Gasteiger partial charge in [0, 0.05) is 10.0 Å². The van der Waals surface area contributed by atoms with Gasteiger partial charge < -0.3 is 9.84 Å². The fourth-order valence-corrected chi connectivity index (χ4v) is 1.74. The Morgan fingerprint density at radius 3 is 1.95 bits per heavy atom. The fraction of sp³-hybridized carbons (Fsp3) is 0.250. The normalized spacial score (nSPS) is 9.65. The molecule has 0 fully saturated rings. The highest BCUT2D eigenvalue weighted by atomic mass is 35.5. The number of rotatable bonds is 2. The zero-order valence-corrected chi connectivity index (χ0v) is 13.3. The Kier molecular flexibility index (Phi) is 6.69. The minimum atomic E-state index is 0.261. The number of phenols is 1. The van der Waals surface area contributed by atoms with Crippen molar-refractivity contribution in [3.8, 4) is 11.5 Å². The fourth-order valence-electron chi connectivity index (χ4n) is 1.50. The Balaban J connectivity index is 0.000000204. The maximum Gasteiger partial charge on any atom is 0.119 e. The minimum Gasteiger partial charge on any atom is -0.508 e. The smallest absolute Gasteiger partial charge is 0.119 e. The zero-order valence-electron chi connectivity index (χ0n) is 11.8. The maximum atomic E-state index is 8.88. The molecule has 2 nitrogen and oxygen atoms in total. The lowest BCUT2D eigenvalue weighted by molar-refractivity contribution is 0.340. The molecule has 0 spiro atoms. The molecule has 1 N–H and O–H groups in total. The molecule has 2 rings (SSSR count). The van der Waals surface area contributed by atoms with Crippen molar-refractivity contribution in [3.05, 3.63) is 57.6 Å². The van der Waals surface area contributed by atoms with Gasteiger partial charge in [-0.2, -0.15) is 0 Å². The third-order valence-corrected chi connectivity index (χ3v) is 3.43. The lowest BCUT2D eigenvalue weighted by atomic mass is 10.2. The van der Waals surface area contributed by atoms with E-state index in [0.717, 1.165) is 21.9 Å². The molecule has 4 heteroatoms. The van der Waals surface area contributed by atoms with Crippen molar-refractivity contribution in [2.75, 3.05) is 6.61 Å². The molecule has 0 aliphatic rings. The number of ether oxygens (including phenoxy) is 1. The van der Waals surface area contributed by atoms with Crippen LogP contribution < -0.4 is 4.74 Å². The number of aryl methyl sites for hydroxylation is 2. The van der Waals surface area contributed by atoms with Crippen LogP contribution in [0.15, 0.2) is 36.4 Å². The molecule has 0 saturated heterocycles. The molecule has 20 heavy (non-hydrogen) atoms. The molecule has 0 aliphatic heterocycles. The molecule has 0 unspecified atom stereocenters. The van der Waals surface area contributed by atoms with Gasteiger partial charge in [-0.25, -0.2) is 0 Å². The van der Waals surface area contributed by atoms with Crippen molar-refractivity contribution in [2.45, 2.75) is 20.8 Å². The monoisotopic (exact) mass is 312 g/mol. The quantitative estimate of drug-likeness (QED) is 0.804. The first-order valence-corrected chi connectivity index (χ1v) is 7.03. The SMILES string of the molecule is CCOc1ccc(Cl)c(C)c1.Cc1cc(O)ccc1Cl. The number of hydrogen-bond donors (Lipinski definition) is 1. The predicted octanol–water partition coefficient (Wildman–Crippen LogP) is 5.40. The summed E-state index contributed by atoms with van der Waals surface area (Å²) in [4.78, 5) is 0. The van der Waals surface area contributed by atoms with Crippen molar-refractivity contribution in [3.63, 3.8) is 0 Å². The van der Waals surface area contributed by atoms with E-state index in [1.807, 2.05) is 39.0 Å². The number of benzene rings is 2. The first-order chi connectivity index (χ1) is 9.43. The molecule has 0 aromatic heterocycles. The predicted molar refractivity (Wildman–Crippen MR) is 85.2 cm³/mol. The van der Waals surface area contributed by atoms with Crippen molar-refractivity contribution in [1.82, 2.24) is 0 Å². The Hall–Kier alpha value is -1.38. The van der Waals surface area contributed by atoms with Gasteiger partial charge in [0.15, 0.2) is 0 Å². The molecule has 2 aromatic carbocycles. The van der Waals surface area contributed by atoms with Gasteiger partial charge in [0.05, 0.1) is 6.61 Å². The highest BCUT2D eigenvalue weighted by Gasteiger charge is 1.96. The van der Waals surface area contributed by atoms with Gasteiger partial charge in [-0.05, 0) is 68.3 Å². The molecule has 2 aromatic rings. The number of hydrogen-bond acceptors (Lipinski definition) is 2. The van der Waals surface area contributed by atoms with Crippen LogP contribution in [0.1, 0.15) is 18.1 Å². The molecule has 0 amide bonds. The van der Waals surface area contributed by atoms with Gasteiger partial charge >= 0.3 is 0 Å². The number of halogens is 2. The average Bonchev–Trinajstić information content (AvgIpc) is 2.40. The molecule has 0 aliphatic carbocycles. The molecule has 0 radical (unpaired) electrons. The van der Waals surface area contributed by atoms with E-state index in [1.54, 1.807) is 18.2 Å². The van der Waals surface area contributed by atoms with Gasteiger partial charge in [-0.15, -0.1) is 0 Å². The summed E-state index contributed by atoms with van der Waals surface area (Å²) in [6.45, 7) is 6.47. The van der Waals surface area contributed by atoms with Crippen molar-refractivity contribution >= 4 is 23.2 Å². The first-order valence-electron chi connectivity index (χ1n) is 6.28. The molecular weight excluding hydrogens is 295 g/mol. The van der Waals surface area contributed by atoms with Crippen LogP contribution >= 0.6 is 23.2 Å². The van der Waals surface area contributed by atoms with E-state index in [0.29, 0.717) is 11.6 Å².